The van der Waals surface area contributed by atoms with E-state index in [0.717, 1.165) is 49.4 Å². The lowest BCUT2D eigenvalue weighted by atomic mass is 9.64. The monoisotopic (exact) mass is 396 g/mol. The van der Waals surface area contributed by atoms with Gasteiger partial charge in [0.05, 0.1) is 6.07 Å². The Bertz CT molecular complexity index is 911. The van der Waals surface area contributed by atoms with E-state index in [1.165, 1.54) is 0 Å². The van der Waals surface area contributed by atoms with Crippen molar-refractivity contribution in [3.63, 3.8) is 0 Å². The second-order valence-electron chi connectivity index (χ2n) is 7.95. The van der Waals surface area contributed by atoms with Crippen LogP contribution in [0.15, 0.2) is 91.0 Å². The average Bonchev–Trinajstić information content (AvgIpc) is 2.82. The molecule has 0 aromatic heterocycles. The number of rotatable bonds is 7. The Morgan fingerprint density at radius 1 is 0.867 bits per heavy atom. The number of benzene rings is 3. The van der Waals surface area contributed by atoms with E-state index in [9.17, 15) is 5.26 Å². The van der Waals surface area contributed by atoms with Crippen molar-refractivity contribution in [3.8, 4) is 11.8 Å². The number of ether oxygens (including phenoxy) is 1. The zero-order chi connectivity index (χ0) is 20.7. The second kappa shape index (κ2) is 9.61. The van der Waals surface area contributed by atoms with Gasteiger partial charge < -0.3 is 4.74 Å². The first-order chi connectivity index (χ1) is 14.8. The molecule has 0 N–H and O–H groups in total. The molecule has 1 saturated heterocycles. The Balaban J connectivity index is 1.54. The molecule has 3 aromatic carbocycles. The van der Waals surface area contributed by atoms with Crippen LogP contribution in [0.2, 0.25) is 0 Å². The summed E-state index contributed by atoms with van der Waals surface area (Å²) in [5, 5.41) is 10.6. The lowest BCUT2D eigenvalue weighted by molar-refractivity contribution is 0.127. The van der Waals surface area contributed by atoms with E-state index in [1.54, 1.807) is 0 Å². The molecule has 152 valence electrons. The molecule has 1 fully saturated rings. The summed E-state index contributed by atoms with van der Waals surface area (Å²) < 4.78 is 5.92. The summed E-state index contributed by atoms with van der Waals surface area (Å²) in [6.07, 6.45) is 2.15. The predicted octanol–water partition coefficient (Wildman–Crippen LogP) is 5.29. The fourth-order valence-electron chi connectivity index (χ4n) is 4.68. The van der Waals surface area contributed by atoms with Crippen molar-refractivity contribution in [2.24, 2.45) is 5.92 Å². The van der Waals surface area contributed by atoms with Crippen molar-refractivity contribution in [2.75, 3.05) is 26.2 Å². The maximum absolute atomic E-state index is 10.6. The molecule has 0 aliphatic carbocycles. The highest BCUT2D eigenvalue weighted by Gasteiger charge is 2.44. The third-order valence-corrected chi connectivity index (χ3v) is 6.17. The highest BCUT2D eigenvalue weighted by Crippen LogP contribution is 2.42. The molecule has 30 heavy (non-hydrogen) atoms. The molecular weight excluding hydrogens is 368 g/mol. The van der Waals surface area contributed by atoms with Gasteiger partial charge in [0.1, 0.15) is 17.8 Å². The van der Waals surface area contributed by atoms with Gasteiger partial charge in [0.2, 0.25) is 0 Å². The lowest BCUT2D eigenvalue weighted by Gasteiger charge is -2.42. The molecule has 0 amide bonds. The average molecular weight is 397 g/mol. The summed E-state index contributed by atoms with van der Waals surface area (Å²) in [6, 6.07) is 33.3. The molecule has 1 heterocycles. The Kier molecular flexibility index (Phi) is 6.47. The molecule has 0 spiro atoms. The number of hydrogen-bond donors (Lipinski definition) is 0. The highest BCUT2D eigenvalue weighted by molar-refractivity contribution is 5.47. The molecule has 3 heteroatoms. The van der Waals surface area contributed by atoms with E-state index in [1.807, 2.05) is 66.7 Å². The molecule has 0 saturated carbocycles. The maximum atomic E-state index is 10.6. The summed E-state index contributed by atoms with van der Waals surface area (Å²) in [6.45, 7) is 3.48. The van der Waals surface area contributed by atoms with Gasteiger partial charge in [0.15, 0.2) is 0 Å². The zero-order valence-electron chi connectivity index (χ0n) is 17.3. The Hall–Kier alpha value is -3.09. The minimum absolute atomic E-state index is 0.234. The number of piperidine rings is 1. The standard InChI is InChI=1S/C27H28N2O/c28-22-27(23-11-4-1-5-12-23,24-13-6-2-7-14-24)25-15-10-18-29(21-25)19-20-30-26-16-8-3-9-17-26/h1-9,11-14,16-17,25H,10,15,18-21H2/t25-/m0/s1. The fraction of sp³-hybridized carbons (Fsp3) is 0.296. The highest BCUT2D eigenvalue weighted by atomic mass is 16.5. The van der Waals surface area contributed by atoms with Gasteiger partial charge in [-0.05, 0) is 48.6 Å². The van der Waals surface area contributed by atoms with E-state index in [4.69, 9.17) is 4.74 Å². The molecule has 1 atom stereocenters. The lowest BCUT2D eigenvalue weighted by Crippen LogP contribution is -2.47. The third-order valence-electron chi connectivity index (χ3n) is 6.17. The molecule has 1 aliphatic heterocycles. The van der Waals surface area contributed by atoms with Crippen LogP contribution in [0.1, 0.15) is 24.0 Å². The van der Waals surface area contributed by atoms with Crippen molar-refractivity contribution in [3.05, 3.63) is 102 Å². The molecule has 1 aliphatic rings. The van der Waals surface area contributed by atoms with Crippen LogP contribution >= 0.6 is 0 Å². The van der Waals surface area contributed by atoms with E-state index in [-0.39, 0.29) is 5.92 Å². The quantitative estimate of drug-likeness (QED) is 0.545. The minimum atomic E-state index is -0.637. The van der Waals surface area contributed by atoms with Crippen molar-refractivity contribution in [1.82, 2.24) is 4.90 Å². The van der Waals surface area contributed by atoms with E-state index < -0.39 is 5.41 Å². The number of nitrogens with zero attached hydrogens (tertiary/aromatic N) is 2. The fourth-order valence-corrected chi connectivity index (χ4v) is 4.68. The normalized spacial score (nSPS) is 17.2. The van der Waals surface area contributed by atoms with Gasteiger partial charge >= 0.3 is 0 Å². The maximum Gasteiger partial charge on any atom is 0.119 e. The van der Waals surface area contributed by atoms with E-state index >= 15 is 0 Å². The third kappa shape index (κ3) is 4.25. The van der Waals surface area contributed by atoms with Gasteiger partial charge in [0, 0.05) is 13.1 Å². The van der Waals surface area contributed by atoms with Crippen molar-refractivity contribution in [1.29, 1.82) is 5.26 Å². The zero-order valence-corrected chi connectivity index (χ0v) is 17.3. The van der Waals surface area contributed by atoms with Crippen LogP contribution in [-0.4, -0.2) is 31.1 Å². The molecule has 0 radical (unpaired) electrons. The minimum Gasteiger partial charge on any atom is -0.492 e. The van der Waals surface area contributed by atoms with Crippen LogP contribution in [0, 0.1) is 17.2 Å². The summed E-state index contributed by atoms with van der Waals surface area (Å²) in [5.74, 6) is 1.14. The van der Waals surface area contributed by atoms with Crippen molar-refractivity contribution in [2.45, 2.75) is 18.3 Å². The SMILES string of the molecule is N#CC(c1ccccc1)(c1ccccc1)[C@H]1CCCN(CCOc2ccccc2)C1. The van der Waals surface area contributed by atoms with Crippen LogP contribution in [0.3, 0.4) is 0 Å². The van der Waals surface area contributed by atoms with Crippen molar-refractivity contribution < 1.29 is 4.74 Å². The molecular formula is C27H28N2O. The Morgan fingerprint density at radius 2 is 1.43 bits per heavy atom. The molecule has 3 aromatic rings. The second-order valence-corrected chi connectivity index (χ2v) is 7.95. The Labute approximate surface area is 179 Å². The van der Waals surface area contributed by atoms with Gasteiger partial charge in [-0.2, -0.15) is 5.26 Å². The van der Waals surface area contributed by atoms with Gasteiger partial charge in [-0.1, -0.05) is 78.9 Å². The van der Waals surface area contributed by atoms with E-state index in [0.29, 0.717) is 6.61 Å². The Morgan fingerprint density at radius 3 is 2.00 bits per heavy atom. The molecule has 0 bridgehead atoms. The first-order valence-corrected chi connectivity index (χ1v) is 10.8. The van der Waals surface area contributed by atoms with Crippen LogP contribution in [0.5, 0.6) is 5.75 Å². The largest absolute Gasteiger partial charge is 0.492 e. The first kappa shape index (κ1) is 20.2. The van der Waals surface area contributed by atoms with Gasteiger partial charge in [0.25, 0.3) is 0 Å². The van der Waals surface area contributed by atoms with Gasteiger partial charge in [-0.3, -0.25) is 4.90 Å². The van der Waals surface area contributed by atoms with Crippen LogP contribution < -0.4 is 4.74 Å². The van der Waals surface area contributed by atoms with Crippen LogP contribution in [0.25, 0.3) is 0 Å². The number of nitriles is 1. The van der Waals surface area contributed by atoms with Gasteiger partial charge in [-0.25, -0.2) is 0 Å². The summed E-state index contributed by atoms with van der Waals surface area (Å²) in [5.41, 5.74) is 1.54. The summed E-state index contributed by atoms with van der Waals surface area (Å²) >= 11 is 0. The van der Waals surface area contributed by atoms with Gasteiger partial charge in [-0.15, -0.1) is 0 Å². The first-order valence-electron chi connectivity index (χ1n) is 10.8. The molecule has 3 nitrogen and oxygen atoms in total. The summed E-state index contributed by atoms with van der Waals surface area (Å²) in [7, 11) is 0. The molecule has 4 rings (SSSR count). The number of para-hydroxylation sites is 1. The van der Waals surface area contributed by atoms with Crippen LogP contribution in [0.4, 0.5) is 0 Å². The molecule has 0 unspecified atom stereocenters. The van der Waals surface area contributed by atoms with Crippen molar-refractivity contribution >= 4 is 0 Å². The van der Waals surface area contributed by atoms with Crippen LogP contribution in [-0.2, 0) is 5.41 Å². The number of hydrogen-bond acceptors (Lipinski definition) is 3. The van der Waals surface area contributed by atoms with E-state index in [2.05, 4.69) is 35.2 Å². The smallest absolute Gasteiger partial charge is 0.119 e. The summed E-state index contributed by atoms with van der Waals surface area (Å²) in [4.78, 5) is 2.45. The predicted molar refractivity (Wildman–Crippen MR) is 120 cm³/mol. The topological polar surface area (TPSA) is 36.3 Å². The number of likely N-dealkylation sites (tertiary alicyclic amines) is 1.